The minimum absolute atomic E-state index is 0.0291. The van der Waals surface area contributed by atoms with Crippen LogP contribution in [0.3, 0.4) is 0 Å². The lowest BCUT2D eigenvalue weighted by Crippen LogP contribution is -2.42. The van der Waals surface area contributed by atoms with Gasteiger partial charge in [-0.05, 0) is 26.7 Å². The number of nitrogens with zero attached hydrogens (tertiary/aromatic N) is 7. The van der Waals surface area contributed by atoms with Crippen LogP contribution in [0.25, 0.3) is 0 Å². The largest absolute Gasteiger partial charge is 0.380 e. The number of aromatic nitrogens is 3. The van der Waals surface area contributed by atoms with Crippen LogP contribution in [0, 0.1) is 0 Å². The van der Waals surface area contributed by atoms with Crippen molar-refractivity contribution in [2.45, 2.75) is 45.4 Å². The van der Waals surface area contributed by atoms with E-state index in [1.165, 1.54) is 0 Å². The van der Waals surface area contributed by atoms with Crippen molar-refractivity contribution in [3.63, 3.8) is 0 Å². The van der Waals surface area contributed by atoms with Crippen molar-refractivity contribution in [3.05, 3.63) is 17.7 Å². The minimum Gasteiger partial charge on any atom is -0.380 e. The maximum Gasteiger partial charge on any atom is 0.245 e. The standard InChI is InChI=1S/C17H26N8O/c1-11-9-18-12(2)16-19-14(21-25(11)16)5-6-15-20-17(22-23(15)3)24-8-7-13(10-24)26-4/h9,13-14,21H,5-8,10H2,1-4H3. The van der Waals surface area contributed by atoms with E-state index >= 15 is 0 Å². The zero-order valence-electron chi connectivity index (χ0n) is 15.8. The van der Waals surface area contributed by atoms with Gasteiger partial charge >= 0.3 is 0 Å². The Labute approximate surface area is 153 Å². The molecule has 0 spiro atoms. The molecule has 1 aromatic heterocycles. The SMILES string of the molecule is COC1CCN(c2nc(CCC3N=C4C(C)=NC=C(C)N4N3)n(C)n2)C1. The highest BCUT2D eigenvalue weighted by molar-refractivity contribution is 6.41. The predicted molar refractivity (Wildman–Crippen MR) is 100 cm³/mol. The van der Waals surface area contributed by atoms with Crippen LogP contribution in [-0.4, -0.2) is 63.8 Å². The summed E-state index contributed by atoms with van der Waals surface area (Å²) in [6.45, 7) is 5.81. The third kappa shape index (κ3) is 3.12. The van der Waals surface area contributed by atoms with Gasteiger partial charge in [-0.25, -0.2) is 10.4 Å². The van der Waals surface area contributed by atoms with Gasteiger partial charge < -0.3 is 9.64 Å². The summed E-state index contributed by atoms with van der Waals surface area (Å²) >= 11 is 0. The molecule has 140 valence electrons. The molecule has 9 nitrogen and oxygen atoms in total. The fourth-order valence-corrected chi connectivity index (χ4v) is 3.53. The van der Waals surface area contributed by atoms with Gasteiger partial charge in [0.05, 0.1) is 17.5 Å². The second-order valence-electron chi connectivity index (χ2n) is 7.00. The Morgan fingerprint density at radius 3 is 2.92 bits per heavy atom. The number of aliphatic imine (C=N–C) groups is 2. The number of fused-ring (bicyclic) bond motifs is 1. The van der Waals surface area contributed by atoms with E-state index in [0.717, 1.165) is 61.4 Å². The Morgan fingerprint density at radius 2 is 2.19 bits per heavy atom. The van der Waals surface area contributed by atoms with Gasteiger partial charge in [-0.1, -0.05) is 0 Å². The number of anilines is 1. The highest BCUT2D eigenvalue weighted by Gasteiger charge is 2.30. The summed E-state index contributed by atoms with van der Waals surface area (Å²) in [5, 5.41) is 6.60. The highest BCUT2D eigenvalue weighted by Crippen LogP contribution is 2.21. The van der Waals surface area contributed by atoms with Gasteiger partial charge in [-0.2, -0.15) is 4.98 Å². The molecule has 3 aliphatic rings. The molecule has 0 saturated carbocycles. The highest BCUT2D eigenvalue weighted by atomic mass is 16.5. The summed E-state index contributed by atoms with van der Waals surface area (Å²) in [5.74, 6) is 2.69. The van der Waals surface area contributed by atoms with Crippen molar-refractivity contribution in [3.8, 4) is 0 Å². The fourth-order valence-electron chi connectivity index (χ4n) is 3.53. The molecule has 2 atom stereocenters. The number of aryl methyl sites for hydroxylation is 2. The van der Waals surface area contributed by atoms with E-state index in [9.17, 15) is 0 Å². The molecule has 9 heteroatoms. The zero-order valence-corrected chi connectivity index (χ0v) is 15.8. The minimum atomic E-state index is 0.0291. The normalized spacial score (nSPS) is 25.3. The van der Waals surface area contributed by atoms with Crippen LogP contribution < -0.4 is 10.3 Å². The first-order valence-electron chi connectivity index (χ1n) is 9.08. The molecule has 2 unspecified atom stereocenters. The summed E-state index contributed by atoms with van der Waals surface area (Å²) in [7, 11) is 3.72. The monoisotopic (exact) mass is 358 g/mol. The molecular formula is C17H26N8O. The van der Waals surface area contributed by atoms with Crippen LogP contribution in [0.1, 0.15) is 32.5 Å². The first-order chi connectivity index (χ1) is 12.5. The summed E-state index contributed by atoms with van der Waals surface area (Å²) in [6, 6.07) is 0. The second kappa shape index (κ2) is 6.81. The molecular weight excluding hydrogens is 332 g/mol. The molecule has 1 aromatic rings. The molecule has 0 aromatic carbocycles. The molecule has 26 heavy (non-hydrogen) atoms. The maximum atomic E-state index is 5.43. The molecule has 4 heterocycles. The van der Waals surface area contributed by atoms with Crippen molar-refractivity contribution in [2.24, 2.45) is 17.0 Å². The van der Waals surface area contributed by atoms with E-state index < -0.39 is 0 Å². The number of amidine groups is 1. The summed E-state index contributed by atoms with van der Waals surface area (Å²) in [5.41, 5.74) is 5.43. The van der Waals surface area contributed by atoms with Crippen LogP contribution in [0.4, 0.5) is 5.95 Å². The van der Waals surface area contributed by atoms with Gasteiger partial charge in [0.25, 0.3) is 0 Å². The van der Waals surface area contributed by atoms with Crippen molar-refractivity contribution in [1.82, 2.24) is 25.2 Å². The Kier molecular flexibility index (Phi) is 4.49. The van der Waals surface area contributed by atoms with Gasteiger partial charge in [0.1, 0.15) is 12.0 Å². The molecule has 1 fully saturated rings. The van der Waals surface area contributed by atoms with E-state index in [4.69, 9.17) is 14.7 Å². The van der Waals surface area contributed by atoms with E-state index in [1.807, 2.05) is 36.8 Å². The number of hydrogen-bond acceptors (Lipinski definition) is 8. The molecule has 0 amide bonds. The molecule has 1 N–H and O–H groups in total. The van der Waals surface area contributed by atoms with E-state index in [0.29, 0.717) is 0 Å². The van der Waals surface area contributed by atoms with Crippen molar-refractivity contribution in [2.75, 3.05) is 25.1 Å². The van der Waals surface area contributed by atoms with E-state index in [1.54, 1.807) is 7.11 Å². The van der Waals surface area contributed by atoms with Gasteiger partial charge in [0.2, 0.25) is 5.95 Å². The van der Waals surface area contributed by atoms with E-state index in [2.05, 4.69) is 20.4 Å². The molecule has 4 rings (SSSR count). The van der Waals surface area contributed by atoms with Crippen LogP contribution in [0.15, 0.2) is 21.9 Å². The smallest absolute Gasteiger partial charge is 0.245 e. The third-order valence-corrected chi connectivity index (χ3v) is 5.13. The number of ether oxygens (including phenoxy) is 1. The average Bonchev–Trinajstić information content (AvgIpc) is 3.34. The number of nitrogens with one attached hydrogen (secondary N) is 1. The van der Waals surface area contributed by atoms with Crippen LogP contribution in [0.2, 0.25) is 0 Å². The lowest BCUT2D eigenvalue weighted by molar-refractivity contribution is 0.121. The number of hydrazine groups is 1. The quantitative estimate of drug-likeness (QED) is 0.840. The molecule has 1 saturated heterocycles. The number of allylic oxidation sites excluding steroid dienone is 1. The first-order valence-corrected chi connectivity index (χ1v) is 9.08. The maximum absolute atomic E-state index is 5.43. The Balaban J connectivity index is 1.39. The second-order valence-corrected chi connectivity index (χ2v) is 7.00. The molecule has 0 radical (unpaired) electrons. The van der Waals surface area contributed by atoms with Crippen molar-refractivity contribution in [1.29, 1.82) is 0 Å². The number of hydrogen-bond donors (Lipinski definition) is 1. The summed E-state index contributed by atoms with van der Waals surface area (Å²) in [4.78, 5) is 16.1. The van der Waals surface area contributed by atoms with Gasteiger partial charge in [-0.15, -0.1) is 5.10 Å². The zero-order chi connectivity index (χ0) is 18.3. The summed E-state index contributed by atoms with van der Waals surface area (Å²) < 4.78 is 7.31. The topological polar surface area (TPSA) is 83.2 Å². The van der Waals surface area contributed by atoms with Crippen molar-refractivity contribution >= 4 is 17.5 Å². The van der Waals surface area contributed by atoms with Crippen LogP contribution >= 0.6 is 0 Å². The lowest BCUT2D eigenvalue weighted by Gasteiger charge is -2.24. The van der Waals surface area contributed by atoms with Gasteiger partial charge in [-0.3, -0.25) is 14.7 Å². The molecule has 0 bridgehead atoms. The first kappa shape index (κ1) is 17.2. The molecule has 0 aliphatic carbocycles. The lowest BCUT2D eigenvalue weighted by atomic mass is 10.2. The Bertz CT molecular complexity index is 780. The van der Waals surface area contributed by atoms with Crippen molar-refractivity contribution < 1.29 is 4.74 Å². The average molecular weight is 358 g/mol. The molecule has 3 aliphatic heterocycles. The van der Waals surface area contributed by atoms with Gasteiger partial charge in [0.15, 0.2) is 5.84 Å². The Hall–Kier alpha value is -2.26. The Morgan fingerprint density at radius 1 is 1.35 bits per heavy atom. The fraction of sp³-hybridized carbons (Fsp3) is 0.647. The summed E-state index contributed by atoms with van der Waals surface area (Å²) in [6.07, 6.45) is 4.86. The van der Waals surface area contributed by atoms with Gasteiger partial charge in [0, 0.05) is 39.9 Å². The number of methoxy groups -OCH3 is 1. The van der Waals surface area contributed by atoms with E-state index in [-0.39, 0.29) is 12.3 Å². The van der Waals surface area contributed by atoms with Crippen LogP contribution in [0.5, 0.6) is 0 Å². The number of rotatable bonds is 5. The predicted octanol–water partition coefficient (Wildman–Crippen LogP) is 0.853. The van der Waals surface area contributed by atoms with Crippen LogP contribution in [-0.2, 0) is 18.2 Å². The third-order valence-electron chi connectivity index (χ3n) is 5.13.